The summed E-state index contributed by atoms with van der Waals surface area (Å²) in [6, 6.07) is 30.7. The van der Waals surface area contributed by atoms with E-state index in [0.717, 1.165) is 19.3 Å². The van der Waals surface area contributed by atoms with E-state index >= 15 is 0 Å². The zero-order valence-corrected chi connectivity index (χ0v) is 16.9. The number of hydrogen-bond acceptors (Lipinski definition) is 1. The molecule has 0 saturated carbocycles. The van der Waals surface area contributed by atoms with Crippen LogP contribution in [0.4, 0.5) is 0 Å². The SMILES string of the molecule is OCC(Cc1cccc2c1Cc1ccccc1-2)c1cccc2c1Cc1ccccc1-2. The Labute approximate surface area is 177 Å². The van der Waals surface area contributed by atoms with Gasteiger partial charge in [-0.25, -0.2) is 0 Å². The molecular weight excluding hydrogens is 364 g/mol. The fraction of sp³-hybridized carbons (Fsp3) is 0.172. The Balaban J connectivity index is 1.38. The van der Waals surface area contributed by atoms with Crippen LogP contribution in [0.2, 0.25) is 0 Å². The second kappa shape index (κ2) is 6.97. The van der Waals surface area contributed by atoms with E-state index in [1.165, 1.54) is 55.6 Å². The second-order valence-corrected chi connectivity index (χ2v) is 8.57. The van der Waals surface area contributed by atoms with Gasteiger partial charge in [0.2, 0.25) is 0 Å². The fourth-order valence-corrected chi connectivity index (χ4v) is 5.52. The molecule has 0 radical (unpaired) electrons. The number of rotatable bonds is 4. The van der Waals surface area contributed by atoms with Crippen LogP contribution in [-0.2, 0) is 19.3 Å². The molecule has 2 aliphatic rings. The van der Waals surface area contributed by atoms with Crippen LogP contribution in [0.5, 0.6) is 0 Å². The summed E-state index contributed by atoms with van der Waals surface area (Å²) in [7, 11) is 0. The lowest BCUT2D eigenvalue weighted by atomic mass is 9.85. The van der Waals surface area contributed by atoms with E-state index < -0.39 is 0 Å². The largest absolute Gasteiger partial charge is 0.396 e. The molecule has 0 amide bonds. The summed E-state index contributed by atoms with van der Waals surface area (Å²) in [5, 5.41) is 10.4. The van der Waals surface area contributed by atoms with Crippen molar-refractivity contribution in [3.8, 4) is 22.3 Å². The van der Waals surface area contributed by atoms with Crippen molar-refractivity contribution in [2.45, 2.75) is 25.2 Å². The molecule has 1 unspecified atom stereocenters. The Morgan fingerprint density at radius 1 is 0.600 bits per heavy atom. The molecule has 0 aliphatic heterocycles. The lowest BCUT2D eigenvalue weighted by Crippen LogP contribution is -2.11. The van der Waals surface area contributed by atoms with Gasteiger partial charge in [0.1, 0.15) is 0 Å². The maximum Gasteiger partial charge on any atom is 0.0503 e. The standard InChI is InChI=1S/C29H24O/c30-18-22(25-12-6-14-27-24-11-4-2-8-21(24)17-29(25)27)15-19-9-5-13-26-23-10-3-1-7-20(23)16-28(19)26/h1-14,22,30H,15-18H2. The molecule has 0 aromatic heterocycles. The molecule has 146 valence electrons. The van der Waals surface area contributed by atoms with Gasteiger partial charge >= 0.3 is 0 Å². The quantitative estimate of drug-likeness (QED) is 0.384. The lowest BCUT2D eigenvalue weighted by molar-refractivity contribution is 0.264. The van der Waals surface area contributed by atoms with E-state index in [2.05, 4.69) is 84.9 Å². The molecule has 6 rings (SSSR count). The first-order valence-electron chi connectivity index (χ1n) is 10.8. The fourth-order valence-electron chi connectivity index (χ4n) is 5.52. The minimum Gasteiger partial charge on any atom is -0.396 e. The third kappa shape index (κ3) is 2.66. The predicted molar refractivity (Wildman–Crippen MR) is 123 cm³/mol. The van der Waals surface area contributed by atoms with Gasteiger partial charge in [-0.2, -0.15) is 0 Å². The van der Waals surface area contributed by atoms with Crippen LogP contribution < -0.4 is 0 Å². The van der Waals surface area contributed by atoms with Gasteiger partial charge in [0, 0.05) is 5.92 Å². The van der Waals surface area contributed by atoms with E-state index in [1.54, 1.807) is 0 Å². The van der Waals surface area contributed by atoms with E-state index in [0.29, 0.717) is 0 Å². The summed E-state index contributed by atoms with van der Waals surface area (Å²) in [6.07, 6.45) is 2.84. The van der Waals surface area contributed by atoms with Crippen LogP contribution in [0.15, 0.2) is 84.9 Å². The number of benzene rings is 4. The van der Waals surface area contributed by atoms with Gasteiger partial charge in [-0.15, -0.1) is 0 Å². The van der Waals surface area contributed by atoms with Gasteiger partial charge in [0.15, 0.2) is 0 Å². The monoisotopic (exact) mass is 388 g/mol. The molecule has 4 aromatic rings. The van der Waals surface area contributed by atoms with Gasteiger partial charge < -0.3 is 5.11 Å². The summed E-state index contributed by atoms with van der Waals surface area (Å²) in [4.78, 5) is 0. The molecule has 1 atom stereocenters. The maximum absolute atomic E-state index is 10.4. The van der Waals surface area contributed by atoms with Crippen molar-refractivity contribution in [1.29, 1.82) is 0 Å². The molecule has 0 heterocycles. The van der Waals surface area contributed by atoms with Crippen molar-refractivity contribution in [3.05, 3.63) is 118 Å². The normalized spacial score (nSPS) is 14.0. The van der Waals surface area contributed by atoms with Gasteiger partial charge in [-0.3, -0.25) is 0 Å². The second-order valence-electron chi connectivity index (χ2n) is 8.57. The molecule has 0 saturated heterocycles. The van der Waals surface area contributed by atoms with Crippen molar-refractivity contribution in [2.24, 2.45) is 0 Å². The molecule has 4 aromatic carbocycles. The molecule has 1 heteroatoms. The first-order valence-corrected chi connectivity index (χ1v) is 10.8. The first kappa shape index (κ1) is 17.7. The van der Waals surface area contributed by atoms with Crippen molar-refractivity contribution in [2.75, 3.05) is 6.61 Å². The maximum atomic E-state index is 10.4. The molecule has 2 aliphatic carbocycles. The van der Waals surface area contributed by atoms with Crippen molar-refractivity contribution in [3.63, 3.8) is 0 Å². The molecule has 1 N–H and O–H groups in total. The summed E-state index contributed by atoms with van der Waals surface area (Å²) in [6.45, 7) is 0.170. The minimum absolute atomic E-state index is 0.115. The molecule has 0 fully saturated rings. The number of hydrogen-bond donors (Lipinski definition) is 1. The average Bonchev–Trinajstić information content (AvgIpc) is 3.36. The number of aliphatic hydroxyl groups excluding tert-OH is 1. The van der Waals surface area contributed by atoms with E-state index in [9.17, 15) is 5.11 Å². The van der Waals surface area contributed by atoms with Gasteiger partial charge in [-0.1, -0.05) is 84.9 Å². The zero-order chi connectivity index (χ0) is 20.1. The Kier molecular flexibility index (Phi) is 4.11. The van der Waals surface area contributed by atoms with Crippen LogP contribution in [-0.4, -0.2) is 11.7 Å². The van der Waals surface area contributed by atoms with Crippen molar-refractivity contribution in [1.82, 2.24) is 0 Å². The molecule has 1 nitrogen and oxygen atoms in total. The Hall–Kier alpha value is -3.16. The van der Waals surface area contributed by atoms with Gasteiger partial charge in [-0.05, 0) is 74.9 Å². The molecular formula is C29H24O. The third-order valence-electron chi connectivity index (χ3n) is 6.96. The summed E-state index contributed by atoms with van der Waals surface area (Å²) in [5.41, 5.74) is 13.7. The van der Waals surface area contributed by atoms with E-state index in [4.69, 9.17) is 0 Å². The van der Waals surface area contributed by atoms with Crippen LogP contribution in [0.25, 0.3) is 22.3 Å². The third-order valence-corrected chi connectivity index (χ3v) is 6.96. The predicted octanol–water partition coefficient (Wildman–Crippen LogP) is 6.15. The van der Waals surface area contributed by atoms with Crippen LogP contribution in [0, 0.1) is 0 Å². The summed E-state index contributed by atoms with van der Waals surface area (Å²) in [5.74, 6) is 0.115. The van der Waals surface area contributed by atoms with Crippen LogP contribution in [0.1, 0.15) is 39.3 Å². The summed E-state index contributed by atoms with van der Waals surface area (Å²) >= 11 is 0. The van der Waals surface area contributed by atoms with Crippen LogP contribution in [0.3, 0.4) is 0 Å². The topological polar surface area (TPSA) is 20.2 Å². The highest BCUT2D eigenvalue weighted by Crippen LogP contribution is 2.42. The van der Waals surface area contributed by atoms with E-state index in [-0.39, 0.29) is 12.5 Å². The zero-order valence-electron chi connectivity index (χ0n) is 16.9. The highest BCUT2D eigenvalue weighted by molar-refractivity contribution is 5.79. The Morgan fingerprint density at radius 3 is 1.87 bits per heavy atom. The van der Waals surface area contributed by atoms with Crippen LogP contribution >= 0.6 is 0 Å². The summed E-state index contributed by atoms with van der Waals surface area (Å²) < 4.78 is 0. The Bertz CT molecular complexity index is 1270. The number of fused-ring (bicyclic) bond motifs is 6. The molecule has 0 bridgehead atoms. The number of aliphatic hydroxyl groups is 1. The van der Waals surface area contributed by atoms with Crippen molar-refractivity contribution < 1.29 is 5.11 Å². The molecule has 0 spiro atoms. The highest BCUT2D eigenvalue weighted by Gasteiger charge is 2.26. The van der Waals surface area contributed by atoms with Gasteiger partial charge in [0.05, 0.1) is 6.61 Å². The highest BCUT2D eigenvalue weighted by atomic mass is 16.3. The van der Waals surface area contributed by atoms with Crippen molar-refractivity contribution >= 4 is 0 Å². The molecule has 30 heavy (non-hydrogen) atoms. The minimum atomic E-state index is 0.115. The average molecular weight is 389 g/mol. The van der Waals surface area contributed by atoms with E-state index in [1.807, 2.05) is 0 Å². The smallest absolute Gasteiger partial charge is 0.0503 e. The first-order chi connectivity index (χ1) is 14.8. The lowest BCUT2D eigenvalue weighted by Gasteiger charge is -2.20. The van der Waals surface area contributed by atoms with Gasteiger partial charge in [0.25, 0.3) is 0 Å². The Morgan fingerprint density at radius 2 is 1.17 bits per heavy atom.